The molecule has 3 amide bonds. The third kappa shape index (κ3) is 7.28. The minimum Gasteiger partial charge on any atom is -0.444 e. The van der Waals surface area contributed by atoms with Crippen LogP contribution in [0.2, 0.25) is 0 Å². The molecule has 0 bridgehead atoms. The molecule has 37 heavy (non-hydrogen) atoms. The van der Waals surface area contributed by atoms with Crippen molar-refractivity contribution in [2.75, 3.05) is 30.4 Å². The topological polar surface area (TPSA) is 118 Å². The fraction of sp³-hybridized carbons (Fsp3) is 0.444. The van der Waals surface area contributed by atoms with Gasteiger partial charge in [0.15, 0.2) is 0 Å². The summed E-state index contributed by atoms with van der Waals surface area (Å²) < 4.78 is 10.9. The zero-order valence-corrected chi connectivity index (χ0v) is 22.5. The number of benzene rings is 1. The zero-order valence-electron chi connectivity index (χ0n) is 22.5. The first-order valence-corrected chi connectivity index (χ1v) is 12.2. The number of hydrogen-bond acceptors (Lipinski definition) is 7. The zero-order chi connectivity index (χ0) is 27.3. The molecule has 10 nitrogen and oxygen atoms in total. The number of amides is 3. The first-order chi connectivity index (χ1) is 17.4. The minimum atomic E-state index is -0.664. The quantitative estimate of drug-likeness (QED) is 0.476. The van der Waals surface area contributed by atoms with Gasteiger partial charge in [0, 0.05) is 38.2 Å². The van der Waals surface area contributed by atoms with Crippen molar-refractivity contribution in [3.05, 3.63) is 58.2 Å². The highest BCUT2D eigenvalue weighted by molar-refractivity contribution is 5.94. The van der Waals surface area contributed by atoms with E-state index in [1.54, 1.807) is 64.2 Å². The van der Waals surface area contributed by atoms with Crippen molar-refractivity contribution in [2.24, 2.45) is 5.92 Å². The van der Waals surface area contributed by atoms with Crippen molar-refractivity contribution in [1.82, 2.24) is 14.9 Å². The smallest absolute Gasteiger partial charge is 0.412 e. The number of hydrogen-bond donors (Lipinski definition) is 1. The second-order valence-corrected chi connectivity index (χ2v) is 10.4. The Hall–Kier alpha value is -3.95. The van der Waals surface area contributed by atoms with Gasteiger partial charge in [-0.15, -0.1) is 0 Å². The van der Waals surface area contributed by atoms with E-state index in [2.05, 4.69) is 15.3 Å². The average molecular weight is 510 g/mol. The van der Waals surface area contributed by atoms with Crippen molar-refractivity contribution < 1.29 is 18.7 Å². The number of nitrogens with one attached hydrogen (secondary N) is 1. The van der Waals surface area contributed by atoms with Gasteiger partial charge < -0.3 is 14.1 Å². The van der Waals surface area contributed by atoms with Crippen LogP contribution in [0.15, 0.2) is 45.9 Å². The number of fused-ring (bicyclic) bond motifs is 1. The molecule has 0 aliphatic carbocycles. The first kappa shape index (κ1) is 27.6. The number of rotatable bonds is 7. The van der Waals surface area contributed by atoms with Crippen molar-refractivity contribution >= 4 is 34.7 Å². The van der Waals surface area contributed by atoms with Gasteiger partial charge >= 0.3 is 23.8 Å². The number of anilines is 2. The lowest BCUT2D eigenvalue weighted by molar-refractivity contribution is 0.0635. The highest BCUT2D eigenvalue weighted by Gasteiger charge is 2.26. The normalized spacial score (nSPS) is 11.5. The molecule has 0 aliphatic heterocycles. The van der Waals surface area contributed by atoms with Crippen molar-refractivity contribution in [2.45, 2.75) is 53.6 Å². The highest BCUT2D eigenvalue weighted by Crippen LogP contribution is 2.25. The Morgan fingerprint density at radius 2 is 1.81 bits per heavy atom. The van der Waals surface area contributed by atoms with Crippen LogP contribution < -0.4 is 15.8 Å². The molecule has 2 heterocycles. The molecule has 0 unspecified atom stereocenters. The fourth-order valence-electron chi connectivity index (χ4n) is 3.72. The summed E-state index contributed by atoms with van der Waals surface area (Å²) in [6.45, 7) is 11.7. The lowest BCUT2D eigenvalue weighted by Gasteiger charge is -2.27. The van der Waals surface area contributed by atoms with Gasteiger partial charge in [-0.3, -0.25) is 10.3 Å². The largest absolute Gasteiger partial charge is 0.444 e. The van der Waals surface area contributed by atoms with Gasteiger partial charge in [-0.2, -0.15) is 4.98 Å². The molecule has 0 spiro atoms. The maximum atomic E-state index is 13.4. The van der Waals surface area contributed by atoms with E-state index in [1.807, 2.05) is 26.0 Å². The third-order valence-electron chi connectivity index (χ3n) is 5.50. The monoisotopic (exact) mass is 509 g/mol. The van der Waals surface area contributed by atoms with Gasteiger partial charge in [0.25, 0.3) is 0 Å². The highest BCUT2D eigenvalue weighted by atomic mass is 16.6. The molecule has 198 valence electrons. The molecule has 0 fully saturated rings. The number of likely N-dealkylation sites (N-methyl/N-ethyl adjacent to an activating group) is 1. The minimum absolute atomic E-state index is 0.0702. The summed E-state index contributed by atoms with van der Waals surface area (Å²) in [5.41, 5.74) is 1.02. The van der Waals surface area contributed by atoms with Gasteiger partial charge in [-0.05, 0) is 75.4 Å². The lowest BCUT2D eigenvalue weighted by atomic mass is 10.1. The molecule has 0 saturated heterocycles. The molecule has 0 saturated carbocycles. The molecule has 1 N–H and O–H groups in total. The number of urea groups is 1. The summed E-state index contributed by atoms with van der Waals surface area (Å²) in [6.07, 6.45) is 3.45. The van der Waals surface area contributed by atoms with Gasteiger partial charge in [0.2, 0.25) is 0 Å². The third-order valence-corrected chi connectivity index (χ3v) is 5.50. The van der Waals surface area contributed by atoms with Crippen LogP contribution in [0.25, 0.3) is 10.9 Å². The number of aryl methyl sites for hydroxylation is 1. The molecule has 0 aliphatic rings. The fourth-order valence-corrected chi connectivity index (χ4v) is 3.72. The summed E-state index contributed by atoms with van der Waals surface area (Å²) in [5, 5.41) is 2.89. The predicted molar refractivity (Wildman–Crippen MR) is 143 cm³/mol. The predicted octanol–water partition coefficient (Wildman–Crippen LogP) is 5.00. The second-order valence-electron chi connectivity index (χ2n) is 10.4. The number of carbonyl (C=O) groups excluding carboxylic acids is 2. The van der Waals surface area contributed by atoms with Gasteiger partial charge in [-0.25, -0.2) is 19.3 Å². The molecule has 3 aromatic rings. The van der Waals surface area contributed by atoms with Crippen LogP contribution in [-0.4, -0.2) is 52.7 Å². The molecule has 1 aromatic carbocycles. The standard InChI is InChI=1S/C27H35N5O5/c1-17(2)16-32(26(35)31(7)15-12-19-10-13-28-14-11-19)24-29-21-9-8-20(18(3)22(21)23(33)36-24)30-25(34)37-27(4,5)6/h8-11,13-14,17H,12,15-16H2,1-7H3,(H,30,34). The summed E-state index contributed by atoms with van der Waals surface area (Å²) in [7, 11) is 1.70. The molecular weight excluding hydrogens is 474 g/mol. The molecule has 10 heteroatoms. The van der Waals surface area contributed by atoms with Crippen LogP contribution in [0.4, 0.5) is 21.3 Å². The summed E-state index contributed by atoms with van der Waals surface area (Å²) in [6, 6.07) is 6.68. The Morgan fingerprint density at radius 3 is 2.43 bits per heavy atom. The van der Waals surface area contributed by atoms with Crippen molar-refractivity contribution in [3.63, 3.8) is 0 Å². The SMILES string of the molecule is Cc1c(NC(=O)OC(C)(C)C)ccc2nc(N(CC(C)C)C(=O)N(C)CCc3ccncc3)oc(=O)c12. The molecule has 0 atom stereocenters. The van der Waals surface area contributed by atoms with E-state index in [1.165, 1.54) is 4.90 Å². The van der Waals surface area contributed by atoms with E-state index >= 15 is 0 Å². The van der Waals surface area contributed by atoms with Gasteiger partial charge in [-0.1, -0.05) is 13.8 Å². The van der Waals surface area contributed by atoms with E-state index in [0.717, 1.165) is 5.56 Å². The van der Waals surface area contributed by atoms with Gasteiger partial charge in [0.05, 0.1) is 10.9 Å². The Kier molecular flexibility index (Phi) is 8.52. The number of ether oxygens (including phenoxy) is 1. The average Bonchev–Trinajstić information content (AvgIpc) is 2.81. The van der Waals surface area contributed by atoms with Gasteiger partial charge in [0.1, 0.15) is 5.60 Å². The number of carbonyl (C=O) groups is 2. The van der Waals surface area contributed by atoms with Crippen LogP contribution in [0.1, 0.15) is 45.7 Å². The lowest BCUT2D eigenvalue weighted by Crippen LogP contribution is -2.44. The first-order valence-electron chi connectivity index (χ1n) is 12.2. The molecular formula is C27H35N5O5. The maximum absolute atomic E-state index is 13.4. The van der Waals surface area contributed by atoms with E-state index in [0.29, 0.717) is 36.3 Å². The maximum Gasteiger partial charge on any atom is 0.412 e. The van der Waals surface area contributed by atoms with E-state index < -0.39 is 17.3 Å². The van der Waals surface area contributed by atoms with E-state index in [4.69, 9.17) is 9.15 Å². The Balaban J connectivity index is 1.89. The van der Waals surface area contributed by atoms with Crippen molar-refractivity contribution in [3.8, 4) is 0 Å². The Morgan fingerprint density at radius 1 is 1.14 bits per heavy atom. The van der Waals surface area contributed by atoms with Crippen LogP contribution in [-0.2, 0) is 11.2 Å². The van der Waals surface area contributed by atoms with Crippen molar-refractivity contribution in [1.29, 1.82) is 0 Å². The number of aromatic nitrogens is 2. The summed E-state index contributed by atoms with van der Waals surface area (Å²) in [5.74, 6) is 0.0995. The van der Waals surface area contributed by atoms with Crippen LogP contribution in [0.3, 0.4) is 0 Å². The summed E-state index contributed by atoms with van der Waals surface area (Å²) >= 11 is 0. The second kappa shape index (κ2) is 11.4. The molecule has 2 aromatic heterocycles. The van der Waals surface area contributed by atoms with E-state index in [-0.39, 0.29) is 23.3 Å². The Labute approximate surface area is 216 Å². The summed E-state index contributed by atoms with van der Waals surface area (Å²) in [4.78, 5) is 50.2. The van der Waals surface area contributed by atoms with Crippen LogP contribution in [0.5, 0.6) is 0 Å². The molecule has 3 rings (SSSR count). The van der Waals surface area contributed by atoms with Crippen LogP contribution in [0, 0.1) is 12.8 Å². The van der Waals surface area contributed by atoms with Crippen LogP contribution >= 0.6 is 0 Å². The number of pyridine rings is 1. The van der Waals surface area contributed by atoms with E-state index in [9.17, 15) is 14.4 Å². The molecule has 0 radical (unpaired) electrons. The Bertz CT molecular complexity index is 1310. The number of nitrogens with zero attached hydrogens (tertiary/aromatic N) is 4.